The Morgan fingerprint density at radius 1 is 1.29 bits per heavy atom. The van der Waals surface area contributed by atoms with E-state index in [0.29, 0.717) is 29.9 Å². The van der Waals surface area contributed by atoms with Gasteiger partial charge in [0.15, 0.2) is 5.82 Å². The molecule has 2 aromatic rings. The van der Waals surface area contributed by atoms with Crippen LogP contribution in [0.15, 0.2) is 28.8 Å². The maximum absolute atomic E-state index is 12.3. The second-order valence-corrected chi connectivity index (χ2v) is 5.93. The number of aromatic nitrogens is 2. The zero-order chi connectivity index (χ0) is 16.9. The summed E-state index contributed by atoms with van der Waals surface area (Å²) in [6.07, 6.45) is 0. The van der Waals surface area contributed by atoms with Gasteiger partial charge in [-0.1, -0.05) is 5.16 Å². The van der Waals surface area contributed by atoms with Crippen LogP contribution in [0.25, 0.3) is 11.5 Å². The Morgan fingerprint density at radius 3 is 2.62 bits per heavy atom. The molecule has 0 aliphatic carbocycles. The molecule has 3 rings (SSSR count). The first-order valence-electron chi connectivity index (χ1n) is 8.14. The van der Waals surface area contributed by atoms with Crippen molar-refractivity contribution in [2.75, 3.05) is 32.8 Å². The molecule has 0 radical (unpaired) electrons. The second kappa shape index (κ2) is 7.55. The van der Waals surface area contributed by atoms with E-state index in [4.69, 9.17) is 9.26 Å². The predicted molar refractivity (Wildman–Crippen MR) is 88.7 cm³/mol. The third kappa shape index (κ3) is 3.98. The molecule has 1 aliphatic heterocycles. The molecule has 1 aromatic carbocycles. The minimum atomic E-state index is -0.0802. The standard InChI is InChI=1S/C17H22N4O3/c1-12(21-7-9-23-10-8-21)11-18-16(22)14-3-5-15(6-4-14)17-19-13(2)20-24-17/h3-6,12H,7-11H2,1-2H3,(H,18,22). The van der Waals surface area contributed by atoms with Gasteiger partial charge >= 0.3 is 0 Å². The van der Waals surface area contributed by atoms with Gasteiger partial charge in [0.25, 0.3) is 11.8 Å². The van der Waals surface area contributed by atoms with Crippen LogP contribution >= 0.6 is 0 Å². The van der Waals surface area contributed by atoms with Gasteiger partial charge in [-0.2, -0.15) is 4.98 Å². The summed E-state index contributed by atoms with van der Waals surface area (Å²) in [6, 6.07) is 7.45. The maximum atomic E-state index is 12.3. The summed E-state index contributed by atoms with van der Waals surface area (Å²) in [6.45, 7) is 7.84. The molecule has 2 heterocycles. The van der Waals surface area contributed by atoms with Crippen LogP contribution in [-0.4, -0.2) is 59.8 Å². The molecule has 7 nitrogen and oxygen atoms in total. The quantitative estimate of drug-likeness (QED) is 0.895. The number of carbonyl (C=O) groups excluding carboxylic acids is 1. The zero-order valence-electron chi connectivity index (χ0n) is 14.0. The van der Waals surface area contributed by atoms with Gasteiger partial charge in [-0.3, -0.25) is 9.69 Å². The molecule has 7 heteroatoms. The van der Waals surface area contributed by atoms with Crippen molar-refractivity contribution in [1.82, 2.24) is 20.4 Å². The largest absolute Gasteiger partial charge is 0.379 e. The molecule has 1 N–H and O–H groups in total. The van der Waals surface area contributed by atoms with Crippen LogP contribution in [0, 0.1) is 6.92 Å². The number of nitrogens with one attached hydrogen (secondary N) is 1. The van der Waals surface area contributed by atoms with E-state index in [2.05, 4.69) is 27.3 Å². The molecule has 1 amide bonds. The van der Waals surface area contributed by atoms with Crippen molar-refractivity contribution in [3.63, 3.8) is 0 Å². The number of aryl methyl sites for hydroxylation is 1. The summed E-state index contributed by atoms with van der Waals surface area (Å²) >= 11 is 0. The third-order valence-corrected chi connectivity index (χ3v) is 4.15. The molecular formula is C17H22N4O3. The molecule has 1 atom stereocenters. The van der Waals surface area contributed by atoms with E-state index in [1.54, 1.807) is 19.1 Å². The van der Waals surface area contributed by atoms with Gasteiger partial charge in [0.05, 0.1) is 13.2 Å². The number of morpholine rings is 1. The summed E-state index contributed by atoms with van der Waals surface area (Å²) in [4.78, 5) is 18.8. The minimum absolute atomic E-state index is 0.0802. The van der Waals surface area contributed by atoms with Crippen molar-refractivity contribution in [2.45, 2.75) is 19.9 Å². The fraction of sp³-hybridized carbons (Fsp3) is 0.471. The first-order chi connectivity index (χ1) is 11.6. The summed E-state index contributed by atoms with van der Waals surface area (Å²) in [7, 11) is 0. The van der Waals surface area contributed by atoms with Crippen molar-refractivity contribution in [3.8, 4) is 11.5 Å². The average Bonchev–Trinajstić information content (AvgIpc) is 3.06. The maximum Gasteiger partial charge on any atom is 0.257 e. The molecule has 24 heavy (non-hydrogen) atoms. The molecule has 1 aromatic heterocycles. The highest BCUT2D eigenvalue weighted by molar-refractivity contribution is 5.94. The Balaban J connectivity index is 1.55. The van der Waals surface area contributed by atoms with Crippen molar-refractivity contribution in [2.24, 2.45) is 0 Å². The molecule has 0 saturated carbocycles. The lowest BCUT2D eigenvalue weighted by atomic mass is 10.1. The first kappa shape index (κ1) is 16.6. The number of rotatable bonds is 5. The van der Waals surface area contributed by atoms with E-state index in [1.165, 1.54) is 0 Å². The van der Waals surface area contributed by atoms with Crippen molar-refractivity contribution < 1.29 is 14.1 Å². The van der Waals surface area contributed by atoms with Gasteiger partial charge in [0, 0.05) is 36.8 Å². The summed E-state index contributed by atoms with van der Waals surface area (Å²) in [5.74, 6) is 0.965. The second-order valence-electron chi connectivity index (χ2n) is 5.93. The molecule has 0 spiro atoms. The third-order valence-electron chi connectivity index (χ3n) is 4.15. The lowest BCUT2D eigenvalue weighted by Crippen LogP contribution is -2.47. The van der Waals surface area contributed by atoms with E-state index in [0.717, 1.165) is 31.9 Å². The molecular weight excluding hydrogens is 308 g/mol. The van der Waals surface area contributed by atoms with Gasteiger partial charge in [0.2, 0.25) is 0 Å². The highest BCUT2D eigenvalue weighted by Gasteiger charge is 2.18. The van der Waals surface area contributed by atoms with Crippen molar-refractivity contribution in [3.05, 3.63) is 35.7 Å². The monoisotopic (exact) mass is 330 g/mol. The summed E-state index contributed by atoms with van der Waals surface area (Å²) < 4.78 is 10.5. The lowest BCUT2D eigenvalue weighted by Gasteiger charge is -2.32. The SMILES string of the molecule is Cc1noc(-c2ccc(C(=O)NCC(C)N3CCOCC3)cc2)n1. The van der Waals surface area contributed by atoms with Crippen LogP contribution in [0.2, 0.25) is 0 Å². The molecule has 128 valence electrons. The van der Waals surface area contributed by atoms with Crippen LogP contribution in [-0.2, 0) is 4.74 Å². The van der Waals surface area contributed by atoms with E-state index in [-0.39, 0.29) is 5.91 Å². The Hall–Kier alpha value is -2.25. The van der Waals surface area contributed by atoms with Crippen LogP contribution in [0.4, 0.5) is 0 Å². The number of hydrogen-bond donors (Lipinski definition) is 1. The smallest absolute Gasteiger partial charge is 0.257 e. The zero-order valence-corrected chi connectivity index (χ0v) is 14.0. The number of nitrogens with zero attached hydrogens (tertiary/aromatic N) is 3. The fourth-order valence-electron chi connectivity index (χ4n) is 2.67. The van der Waals surface area contributed by atoms with E-state index >= 15 is 0 Å². The van der Waals surface area contributed by atoms with E-state index in [1.807, 2.05) is 12.1 Å². The number of amides is 1. The molecule has 1 unspecified atom stereocenters. The Kier molecular flexibility index (Phi) is 5.22. The van der Waals surface area contributed by atoms with Gasteiger partial charge in [-0.05, 0) is 38.1 Å². The first-order valence-corrected chi connectivity index (χ1v) is 8.14. The topological polar surface area (TPSA) is 80.5 Å². The molecule has 1 saturated heterocycles. The van der Waals surface area contributed by atoms with Gasteiger partial charge < -0.3 is 14.6 Å². The highest BCUT2D eigenvalue weighted by atomic mass is 16.5. The molecule has 1 aliphatic rings. The normalized spacial score (nSPS) is 16.8. The number of benzene rings is 1. The van der Waals surface area contributed by atoms with Gasteiger partial charge in [0.1, 0.15) is 0 Å². The Bertz CT molecular complexity index is 677. The van der Waals surface area contributed by atoms with Gasteiger partial charge in [-0.15, -0.1) is 0 Å². The minimum Gasteiger partial charge on any atom is -0.379 e. The number of carbonyl (C=O) groups is 1. The Morgan fingerprint density at radius 2 is 2.00 bits per heavy atom. The Labute approximate surface area is 141 Å². The number of ether oxygens (including phenoxy) is 1. The van der Waals surface area contributed by atoms with Crippen LogP contribution in [0.5, 0.6) is 0 Å². The summed E-state index contributed by atoms with van der Waals surface area (Å²) in [5, 5.41) is 6.75. The predicted octanol–water partition coefficient (Wildman–Crippen LogP) is 1.50. The van der Waals surface area contributed by atoms with Crippen LogP contribution in [0.1, 0.15) is 23.1 Å². The summed E-state index contributed by atoms with van der Waals surface area (Å²) in [5.41, 5.74) is 1.41. The average molecular weight is 330 g/mol. The van der Waals surface area contributed by atoms with Crippen molar-refractivity contribution in [1.29, 1.82) is 0 Å². The molecule has 1 fully saturated rings. The number of hydrogen-bond acceptors (Lipinski definition) is 6. The lowest BCUT2D eigenvalue weighted by molar-refractivity contribution is 0.0204. The van der Waals surface area contributed by atoms with Crippen LogP contribution in [0.3, 0.4) is 0 Å². The van der Waals surface area contributed by atoms with Crippen molar-refractivity contribution >= 4 is 5.91 Å². The highest BCUT2D eigenvalue weighted by Crippen LogP contribution is 2.17. The van der Waals surface area contributed by atoms with E-state index in [9.17, 15) is 4.79 Å². The fourth-order valence-corrected chi connectivity index (χ4v) is 2.67. The van der Waals surface area contributed by atoms with E-state index < -0.39 is 0 Å². The van der Waals surface area contributed by atoms with Crippen LogP contribution < -0.4 is 5.32 Å². The van der Waals surface area contributed by atoms with Gasteiger partial charge in [-0.25, -0.2) is 0 Å². The molecule has 0 bridgehead atoms.